The summed E-state index contributed by atoms with van der Waals surface area (Å²) in [5.74, 6) is 1.30. The number of carbonyl (C=O) groups is 1. The predicted octanol–water partition coefficient (Wildman–Crippen LogP) is 3.11. The molecule has 0 unspecified atom stereocenters. The van der Waals surface area contributed by atoms with Crippen LogP contribution >= 0.6 is 0 Å². The van der Waals surface area contributed by atoms with Crippen molar-refractivity contribution in [3.8, 4) is 5.75 Å². The molecule has 0 saturated heterocycles. The number of urea groups is 1. The third-order valence-electron chi connectivity index (χ3n) is 2.94. The lowest BCUT2D eigenvalue weighted by molar-refractivity contribution is 0.234. The first-order valence-electron chi connectivity index (χ1n) is 6.88. The van der Waals surface area contributed by atoms with Crippen molar-refractivity contribution in [2.24, 2.45) is 0 Å². The van der Waals surface area contributed by atoms with E-state index < -0.39 is 0 Å². The third kappa shape index (κ3) is 4.49. The molecule has 5 heteroatoms. The summed E-state index contributed by atoms with van der Waals surface area (Å²) in [4.78, 5) is 15.9. The fourth-order valence-corrected chi connectivity index (χ4v) is 1.89. The Balaban J connectivity index is 1.82. The van der Waals surface area contributed by atoms with Crippen molar-refractivity contribution in [3.63, 3.8) is 0 Å². The summed E-state index contributed by atoms with van der Waals surface area (Å²) in [6.07, 6.45) is 0.885. The Bertz CT molecular complexity index is 614. The number of nitrogens with zero attached hydrogens (tertiary/aromatic N) is 1. The van der Waals surface area contributed by atoms with Crippen LogP contribution in [0, 0.1) is 6.92 Å². The van der Waals surface area contributed by atoms with E-state index >= 15 is 0 Å². The van der Waals surface area contributed by atoms with E-state index in [0.29, 0.717) is 5.82 Å². The smallest absolute Gasteiger partial charge is 0.323 e. The minimum absolute atomic E-state index is 0.106. The Morgan fingerprint density at radius 2 is 2.00 bits per heavy atom. The minimum Gasteiger partial charge on any atom is -0.473 e. The maximum Gasteiger partial charge on any atom is 0.323 e. The molecule has 0 fully saturated rings. The predicted molar refractivity (Wildman–Crippen MR) is 82.4 cm³/mol. The van der Waals surface area contributed by atoms with Crippen molar-refractivity contribution in [1.29, 1.82) is 0 Å². The number of anilines is 1. The Hall–Kier alpha value is -2.56. The van der Waals surface area contributed by atoms with Gasteiger partial charge in [0.05, 0.1) is 0 Å². The normalized spacial score (nSPS) is 10.0. The van der Waals surface area contributed by atoms with Crippen LogP contribution in [0.15, 0.2) is 42.5 Å². The molecule has 0 bridgehead atoms. The highest BCUT2D eigenvalue weighted by atomic mass is 16.5. The van der Waals surface area contributed by atoms with E-state index in [2.05, 4.69) is 22.5 Å². The van der Waals surface area contributed by atoms with Gasteiger partial charge in [0.2, 0.25) is 0 Å². The number of aryl methyl sites for hydroxylation is 2. The molecular weight excluding hydrogens is 266 g/mol. The number of hydrogen-bond acceptors (Lipinski definition) is 3. The summed E-state index contributed by atoms with van der Waals surface area (Å²) in [5, 5.41) is 5.29. The van der Waals surface area contributed by atoms with E-state index in [0.717, 1.165) is 23.4 Å². The molecule has 110 valence electrons. The highest BCUT2D eigenvalue weighted by Crippen LogP contribution is 2.17. The lowest BCUT2D eigenvalue weighted by Gasteiger charge is -2.11. The molecular formula is C16H19N3O2. The monoisotopic (exact) mass is 285 g/mol. The Labute approximate surface area is 124 Å². The average molecular weight is 285 g/mol. The van der Waals surface area contributed by atoms with Crippen LogP contribution in [0.4, 0.5) is 10.6 Å². The summed E-state index contributed by atoms with van der Waals surface area (Å²) >= 11 is 0. The SMILES string of the molecule is CCc1ccccc1OCNC(=O)Nc1cccc(C)n1. The molecule has 5 nitrogen and oxygen atoms in total. The molecule has 0 spiro atoms. The van der Waals surface area contributed by atoms with Crippen molar-refractivity contribution >= 4 is 11.8 Å². The van der Waals surface area contributed by atoms with Crippen LogP contribution in [0.25, 0.3) is 0 Å². The third-order valence-corrected chi connectivity index (χ3v) is 2.94. The van der Waals surface area contributed by atoms with Gasteiger partial charge in [-0.3, -0.25) is 5.32 Å². The van der Waals surface area contributed by atoms with Crippen LogP contribution < -0.4 is 15.4 Å². The zero-order valence-corrected chi connectivity index (χ0v) is 12.2. The van der Waals surface area contributed by atoms with Gasteiger partial charge in [-0.05, 0) is 37.1 Å². The molecule has 0 radical (unpaired) electrons. The molecule has 2 aromatic rings. The second-order valence-electron chi connectivity index (χ2n) is 4.55. The van der Waals surface area contributed by atoms with Crippen molar-refractivity contribution in [1.82, 2.24) is 10.3 Å². The van der Waals surface area contributed by atoms with Gasteiger partial charge in [-0.1, -0.05) is 31.2 Å². The van der Waals surface area contributed by atoms with Crippen LogP contribution in [0.5, 0.6) is 5.75 Å². The minimum atomic E-state index is -0.345. The van der Waals surface area contributed by atoms with Crippen LogP contribution in [-0.4, -0.2) is 17.7 Å². The van der Waals surface area contributed by atoms with E-state index in [1.165, 1.54) is 0 Å². The average Bonchev–Trinajstić information content (AvgIpc) is 2.47. The highest BCUT2D eigenvalue weighted by molar-refractivity contribution is 5.88. The number of carbonyl (C=O) groups excluding carboxylic acids is 1. The fraction of sp³-hybridized carbons (Fsp3) is 0.250. The molecule has 1 heterocycles. The summed E-state index contributed by atoms with van der Waals surface area (Å²) in [6.45, 7) is 4.04. The summed E-state index contributed by atoms with van der Waals surface area (Å²) in [7, 11) is 0. The molecule has 21 heavy (non-hydrogen) atoms. The van der Waals surface area contributed by atoms with Crippen molar-refractivity contribution < 1.29 is 9.53 Å². The van der Waals surface area contributed by atoms with Crippen molar-refractivity contribution in [2.75, 3.05) is 12.0 Å². The first kappa shape index (κ1) is 14.8. The largest absolute Gasteiger partial charge is 0.473 e. The number of nitrogens with one attached hydrogen (secondary N) is 2. The Morgan fingerprint density at radius 3 is 2.76 bits per heavy atom. The molecule has 0 aliphatic carbocycles. The first-order chi connectivity index (χ1) is 10.2. The van der Waals surface area contributed by atoms with Crippen LogP contribution in [0.2, 0.25) is 0 Å². The number of para-hydroxylation sites is 1. The molecule has 2 rings (SSSR count). The second-order valence-corrected chi connectivity index (χ2v) is 4.55. The summed E-state index contributed by atoms with van der Waals surface area (Å²) in [6, 6.07) is 12.9. The topological polar surface area (TPSA) is 63.2 Å². The van der Waals surface area contributed by atoms with Gasteiger partial charge in [-0.25, -0.2) is 9.78 Å². The van der Waals surface area contributed by atoms with Crippen LogP contribution in [0.3, 0.4) is 0 Å². The number of benzene rings is 1. The molecule has 1 aromatic carbocycles. The second kappa shape index (κ2) is 7.28. The van der Waals surface area contributed by atoms with Gasteiger partial charge in [0.25, 0.3) is 0 Å². The van der Waals surface area contributed by atoms with E-state index in [1.54, 1.807) is 6.07 Å². The van der Waals surface area contributed by atoms with Crippen molar-refractivity contribution in [2.45, 2.75) is 20.3 Å². The summed E-state index contributed by atoms with van der Waals surface area (Å²) < 4.78 is 5.57. The number of aromatic nitrogens is 1. The van der Waals surface area contributed by atoms with E-state index in [4.69, 9.17) is 4.74 Å². The standard InChI is InChI=1S/C16H19N3O2/c1-3-13-8-4-5-9-14(13)21-11-17-16(20)19-15-10-6-7-12(2)18-15/h4-10H,3,11H2,1-2H3,(H2,17,18,19,20). The number of pyridine rings is 1. The molecule has 2 N–H and O–H groups in total. The van der Waals surface area contributed by atoms with Gasteiger partial charge >= 0.3 is 6.03 Å². The molecule has 0 aliphatic rings. The molecule has 0 aliphatic heterocycles. The lowest BCUT2D eigenvalue weighted by atomic mass is 10.1. The maximum absolute atomic E-state index is 11.7. The number of hydrogen-bond donors (Lipinski definition) is 2. The van der Waals surface area contributed by atoms with Gasteiger partial charge in [0.15, 0.2) is 6.73 Å². The van der Waals surface area contributed by atoms with Gasteiger partial charge in [0.1, 0.15) is 11.6 Å². The van der Waals surface area contributed by atoms with Crippen LogP contribution in [0.1, 0.15) is 18.2 Å². The quantitative estimate of drug-likeness (QED) is 0.830. The highest BCUT2D eigenvalue weighted by Gasteiger charge is 2.04. The number of ether oxygens (including phenoxy) is 1. The lowest BCUT2D eigenvalue weighted by Crippen LogP contribution is -2.32. The van der Waals surface area contributed by atoms with Gasteiger partial charge in [-0.15, -0.1) is 0 Å². The van der Waals surface area contributed by atoms with E-state index in [1.807, 2.05) is 43.3 Å². The van der Waals surface area contributed by atoms with Gasteiger partial charge in [-0.2, -0.15) is 0 Å². The van der Waals surface area contributed by atoms with Crippen LogP contribution in [-0.2, 0) is 6.42 Å². The van der Waals surface area contributed by atoms with Gasteiger partial charge in [0, 0.05) is 5.69 Å². The van der Waals surface area contributed by atoms with Gasteiger partial charge < -0.3 is 10.1 Å². The molecule has 0 atom stereocenters. The summed E-state index contributed by atoms with van der Waals surface area (Å²) in [5.41, 5.74) is 1.96. The zero-order chi connectivity index (χ0) is 15.1. The maximum atomic E-state index is 11.7. The molecule has 1 aromatic heterocycles. The van der Waals surface area contributed by atoms with E-state index in [9.17, 15) is 4.79 Å². The van der Waals surface area contributed by atoms with Crippen molar-refractivity contribution in [3.05, 3.63) is 53.7 Å². The zero-order valence-electron chi connectivity index (χ0n) is 12.2. The fourth-order valence-electron chi connectivity index (χ4n) is 1.89. The number of amides is 2. The molecule has 2 amide bonds. The molecule has 0 saturated carbocycles. The Kier molecular flexibility index (Phi) is 5.15. The van der Waals surface area contributed by atoms with E-state index in [-0.39, 0.29) is 12.8 Å². The first-order valence-corrected chi connectivity index (χ1v) is 6.88. The number of rotatable bonds is 5. The Morgan fingerprint density at radius 1 is 1.19 bits per heavy atom.